The van der Waals surface area contributed by atoms with Gasteiger partial charge in [0.2, 0.25) is 0 Å². The van der Waals surface area contributed by atoms with Gasteiger partial charge >= 0.3 is 5.97 Å². The van der Waals surface area contributed by atoms with Gasteiger partial charge in [0.15, 0.2) is 0 Å². The maximum atomic E-state index is 11.2. The summed E-state index contributed by atoms with van der Waals surface area (Å²) in [5.74, 6) is 0.0878. The number of carboxylic acids is 1. The number of pyridine rings is 1. The SMILES string of the molecule is CCCCCSc1cc(C)nc(C)c1C(=O)O. The van der Waals surface area contributed by atoms with Crippen molar-refractivity contribution in [2.24, 2.45) is 0 Å². The van der Waals surface area contributed by atoms with E-state index < -0.39 is 5.97 Å². The van der Waals surface area contributed by atoms with Gasteiger partial charge in [0.05, 0.1) is 11.3 Å². The highest BCUT2D eigenvalue weighted by atomic mass is 32.2. The van der Waals surface area contributed by atoms with Crippen molar-refractivity contribution in [2.75, 3.05) is 5.75 Å². The molecule has 1 aromatic heterocycles. The first-order valence-electron chi connectivity index (χ1n) is 5.90. The summed E-state index contributed by atoms with van der Waals surface area (Å²) < 4.78 is 0. The lowest BCUT2D eigenvalue weighted by molar-refractivity contribution is 0.0691. The van der Waals surface area contributed by atoms with Gasteiger partial charge < -0.3 is 5.11 Å². The fraction of sp³-hybridized carbons (Fsp3) is 0.538. The van der Waals surface area contributed by atoms with Crippen molar-refractivity contribution in [1.82, 2.24) is 4.98 Å². The average molecular weight is 253 g/mol. The Hall–Kier alpha value is -1.03. The average Bonchev–Trinajstić information content (AvgIpc) is 2.22. The monoisotopic (exact) mass is 253 g/mol. The van der Waals surface area contributed by atoms with E-state index in [1.165, 1.54) is 12.8 Å². The van der Waals surface area contributed by atoms with Gasteiger partial charge in [-0.2, -0.15) is 0 Å². The van der Waals surface area contributed by atoms with Crippen LogP contribution in [0.4, 0.5) is 0 Å². The second-order valence-electron chi connectivity index (χ2n) is 4.08. The first kappa shape index (κ1) is 14.0. The molecule has 0 spiro atoms. The molecule has 3 nitrogen and oxygen atoms in total. The largest absolute Gasteiger partial charge is 0.478 e. The fourth-order valence-electron chi connectivity index (χ4n) is 1.70. The maximum Gasteiger partial charge on any atom is 0.338 e. The zero-order chi connectivity index (χ0) is 12.8. The molecule has 0 saturated carbocycles. The lowest BCUT2D eigenvalue weighted by Crippen LogP contribution is -2.05. The summed E-state index contributed by atoms with van der Waals surface area (Å²) in [4.78, 5) is 16.2. The number of carboxylic acid groups (broad SMARTS) is 1. The number of aryl methyl sites for hydroxylation is 2. The van der Waals surface area contributed by atoms with Crippen LogP contribution in [0.1, 0.15) is 47.9 Å². The van der Waals surface area contributed by atoms with Crippen LogP contribution in [0.15, 0.2) is 11.0 Å². The molecule has 0 aliphatic rings. The molecule has 0 fully saturated rings. The van der Waals surface area contributed by atoms with Crippen LogP contribution in [0.5, 0.6) is 0 Å². The van der Waals surface area contributed by atoms with E-state index in [9.17, 15) is 9.90 Å². The lowest BCUT2D eigenvalue weighted by atomic mass is 10.2. The van der Waals surface area contributed by atoms with Gasteiger partial charge in [0.1, 0.15) is 0 Å². The van der Waals surface area contributed by atoms with E-state index in [-0.39, 0.29) is 0 Å². The summed E-state index contributed by atoms with van der Waals surface area (Å²) in [5, 5.41) is 9.19. The molecular formula is C13H19NO2S. The molecule has 17 heavy (non-hydrogen) atoms. The molecule has 0 unspecified atom stereocenters. The summed E-state index contributed by atoms with van der Waals surface area (Å²) in [6.07, 6.45) is 3.50. The number of nitrogens with zero attached hydrogens (tertiary/aromatic N) is 1. The van der Waals surface area contributed by atoms with Crippen molar-refractivity contribution in [3.63, 3.8) is 0 Å². The topological polar surface area (TPSA) is 50.2 Å². The van der Waals surface area contributed by atoms with Crippen LogP contribution in [-0.2, 0) is 0 Å². The van der Waals surface area contributed by atoms with Crippen molar-refractivity contribution in [1.29, 1.82) is 0 Å². The predicted octanol–water partition coefficient (Wildman–Crippen LogP) is 3.68. The standard InChI is InChI=1S/C13H19NO2S/c1-4-5-6-7-17-11-8-9(2)14-10(3)12(11)13(15)16/h8H,4-7H2,1-3H3,(H,15,16). The van der Waals surface area contributed by atoms with E-state index >= 15 is 0 Å². The maximum absolute atomic E-state index is 11.2. The second-order valence-corrected chi connectivity index (χ2v) is 5.22. The summed E-state index contributed by atoms with van der Waals surface area (Å²) in [6, 6.07) is 1.87. The molecule has 0 aliphatic heterocycles. The lowest BCUT2D eigenvalue weighted by Gasteiger charge is -2.09. The number of thioether (sulfide) groups is 1. The molecule has 0 aromatic carbocycles. The molecule has 0 bridgehead atoms. The van der Waals surface area contributed by atoms with E-state index in [1.54, 1.807) is 18.7 Å². The molecular weight excluding hydrogens is 234 g/mol. The molecule has 1 heterocycles. The Bertz CT molecular complexity index is 405. The van der Waals surface area contributed by atoms with E-state index in [0.29, 0.717) is 11.3 Å². The Labute approximate surface area is 107 Å². The van der Waals surface area contributed by atoms with Crippen LogP contribution in [0.25, 0.3) is 0 Å². The molecule has 0 saturated heterocycles. The van der Waals surface area contributed by atoms with Crippen molar-refractivity contribution in [2.45, 2.75) is 44.9 Å². The minimum absolute atomic E-state index is 0.358. The van der Waals surface area contributed by atoms with Gasteiger partial charge in [-0.05, 0) is 32.1 Å². The highest BCUT2D eigenvalue weighted by Crippen LogP contribution is 2.26. The van der Waals surface area contributed by atoms with Crippen LogP contribution < -0.4 is 0 Å². The predicted molar refractivity (Wildman–Crippen MR) is 70.9 cm³/mol. The third-order valence-corrected chi connectivity index (χ3v) is 3.64. The number of hydrogen-bond acceptors (Lipinski definition) is 3. The number of rotatable bonds is 6. The van der Waals surface area contributed by atoms with Crippen LogP contribution in [-0.4, -0.2) is 21.8 Å². The number of aromatic carboxylic acids is 1. The molecule has 4 heteroatoms. The Kier molecular flexibility index (Phi) is 5.48. The molecule has 0 radical (unpaired) electrons. The van der Waals surface area contributed by atoms with Gasteiger partial charge in [0.25, 0.3) is 0 Å². The van der Waals surface area contributed by atoms with Crippen molar-refractivity contribution < 1.29 is 9.90 Å². The van der Waals surface area contributed by atoms with Crippen molar-refractivity contribution in [3.05, 3.63) is 23.0 Å². The Morgan fingerprint density at radius 1 is 1.41 bits per heavy atom. The molecule has 1 rings (SSSR count). The molecule has 94 valence electrons. The summed E-state index contributed by atoms with van der Waals surface area (Å²) in [6.45, 7) is 5.81. The van der Waals surface area contributed by atoms with Crippen molar-refractivity contribution >= 4 is 17.7 Å². The van der Waals surface area contributed by atoms with Gasteiger partial charge in [-0.3, -0.25) is 4.98 Å². The molecule has 0 atom stereocenters. The van der Waals surface area contributed by atoms with E-state index in [0.717, 1.165) is 22.8 Å². The quantitative estimate of drug-likeness (QED) is 0.620. The minimum atomic E-state index is -0.881. The van der Waals surface area contributed by atoms with Crippen molar-refractivity contribution in [3.8, 4) is 0 Å². The van der Waals surface area contributed by atoms with Crippen LogP contribution in [0.2, 0.25) is 0 Å². The van der Waals surface area contributed by atoms with Gasteiger partial charge in [-0.15, -0.1) is 11.8 Å². The molecule has 1 N–H and O–H groups in total. The first-order valence-corrected chi connectivity index (χ1v) is 6.89. The smallest absolute Gasteiger partial charge is 0.338 e. The number of aromatic nitrogens is 1. The second kappa shape index (κ2) is 6.64. The summed E-state index contributed by atoms with van der Waals surface area (Å²) >= 11 is 1.62. The third kappa shape index (κ3) is 4.04. The van der Waals surface area contributed by atoms with E-state index in [1.807, 2.05) is 13.0 Å². The van der Waals surface area contributed by atoms with Gasteiger partial charge in [0, 0.05) is 10.6 Å². The summed E-state index contributed by atoms with van der Waals surface area (Å²) in [7, 11) is 0. The van der Waals surface area contributed by atoms with E-state index in [2.05, 4.69) is 11.9 Å². The minimum Gasteiger partial charge on any atom is -0.478 e. The molecule has 1 aromatic rings. The van der Waals surface area contributed by atoms with Crippen LogP contribution in [0.3, 0.4) is 0 Å². The van der Waals surface area contributed by atoms with Crippen LogP contribution >= 0.6 is 11.8 Å². The normalized spacial score (nSPS) is 10.5. The van der Waals surface area contributed by atoms with Crippen LogP contribution in [0, 0.1) is 13.8 Å². The van der Waals surface area contributed by atoms with Gasteiger partial charge in [-0.25, -0.2) is 4.79 Å². The Balaban J connectivity index is 2.85. The Morgan fingerprint density at radius 2 is 2.12 bits per heavy atom. The first-order chi connectivity index (χ1) is 8.06. The fourth-order valence-corrected chi connectivity index (χ4v) is 2.90. The zero-order valence-electron chi connectivity index (χ0n) is 10.6. The number of carbonyl (C=O) groups is 1. The Morgan fingerprint density at radius 3 is 2.71 bits per heavy atom. The highest BCUT2D eigenvalue weighted by molar-refractivity contribution is 7.99. The number of unbranched alkanes of at least 4 members (excludes halogenated alkanes) is 2. The van der Waals surface area contributed by atoms with E-state index in [4.69, 9.17) is 0 Å². The highest BCUT2D eigenvalue weighted by Gasteiger charge is 2.15. The molecule has 0 amide bonds. The zero-order valence-corrected chi connectivity index (χ0v) is 11.4. The third-order valence-electron chi connectivity index (χ3n) is 2.51. The number of hydrogen-bond donors (Lipinski definition) is 1. The van der Waals surface area contributed by atoms with Gasteiger partial charge in [-0.1, -0.05) is 19.8 Å². The summed E-state index contributed by atoms with van der Waals surface area (Å²) in [5.41, 5.74) is 1.85. The molecule has 0 aliphatic carbocycles.